The van der Waals surface area contributed by atoms with Crippen LogP contribution in [0.15, 0.2) is 193 Å². The number of benzene rings is 4. The van der Waals surface area contributed by atoms with E-state index >= 15 is 0 Å². The Morgan fingerprint density at radius 2 is 0.948 bits per heavy atom. The van der Waals surface area contributed by atoms with Crippen LogP contribution < -0.4 is 20.5 Å². The molecule has 0 aliphatic carbocycles. The first-order valence-electron chi connectivity index (χ1n) is 24.4. The van der Waals surface area contributed by atoms with Gasteiger partial charge in [0.1, 0.15) is 21.2 Å². The van der Waals surface area contributed by atoms with Gasteiger partial charge in [-0.05, 0) is 100 Å². The predicted octanol–water partition coefficient (Wildman–Crippen LogP) is 11.1. The third-order valence-corrected chi connectivity index (χ3v) is 15.0. The number of aromatic nitrogens is 8. The third-order valence-electron chi connectivity index (χ3n) is 11.3. The summed E-state index contributed by atoms with van der Waals surface area (Å²) in [6.07, 6.45) is 9.33. The van der Waals surface area contributed by atoms with Gasteiger partial charge in [-0.3, -0.25) is 19.9 Å². The highest BCUT2D eigenvalue weighted by molar-refractivity contribution is 7.89. The maximum Gasteiger partial charge on any atom is 0.242 e. The lowest BCUT2D eigenvalue weighted by Gasteiger charge is -2.20. The number of pyridine rings is 4. The maximum atomic E-state index is 13.0. The van der Waals surface area contributed by atoms with E-state index in [1.165, 1.54) is 12.4 Å². The van der Waals surface area contributed by atoms with E-state index in [-0.39, 0.29) is 14.9 Å². The van der Waals surface area contributed by atoms with Crippen molar-refractivity contribution in [3.8, 4) is 44.8 Å². The first kappa shape index (κ1) is 55.3. The number of hydrogen-bond acceptors (Lipinski definition) is 14. The fraction of sp³-hybridized carbons (Fsp3) is 0.172. The number of nitrogens with zero attached hydrogens (tertiary/aromatic N) is 8. The Morgan fingerprint density at radius 1 is 0.494 bits per heavy atom. The van der Waals surface area contributed by atoms with E-state index in [0.717, 1.165) is 55.2 Å². The largest absolute Gasteiger partial charge is 0.362 e. The maximum absolute atomic E-state index is 13.0. The van der Waals surface area contributed by atoms with Gasteiger partial charge in [0, 0.05) is 87.5 Å². The fourth-order valence-corrected chi connectivity index (χ4v) is 11.2. The summed E-state index contributed by atoms with van der Waals surface area (Å²) in [6.45, 7) is 11.7. The van der Waals surface area contributed by atoms with Crippen LogP contribution in [-0.2, 0) is 33.1 Å². The van der Waals surface area contributed by atoms with Crippen molar-refractivity contribution in [2.75, 3.05) is 5.32 Å². The number of nitrogens with one attached hydrogen (secondary N) is 3. The van der Waals surface area contributed by atoms with Crippen LogP contribution in [0.25, 0.3) is 66.3 Å². The van der Waals surface area contributed by atoms with E-state index < -0.39 is 31.1 Å². The van der Waals surface area contributed by atoms with E-state index in [1.54, 1.807) is 78.5 Å². The lowest BCUT2D eigenvalue weighted by molar-refractivity contribution is 0.489. The van der Waals surface area contributed by atoms with Crippen molar-refractivity contribution < 1.29 is 16.8 Å². The second-order valence-electron chi connectivity index (χ2n) is 19.7. The van der Waals surface area contributed by atoms with Crippen molar-refractivity contribution >= 4 is 59.0 Å². The van der Waals surface area contributed by atoms with Gasteiger partial charge in [0.25, 0.3) is 0 Å². The Kier molecular flexibility index (Phi) is 17.2. The Labute approximate surface area is 453 Å². The minimum absolute atomic E-state index is 0.0593. The summed E-state index contributed by atoms with van der Waals surface area (Å²) in [4.78, 5) is 16.9. The zero-order valence-corrected chi connectivity index (χ0v) is 45.6. The van der Waals surface area contributed by atoms with Gasteiger partial charge in [0.15, 0.2) is 11.0 Å². The van der Waals surface area contributed by atoms with Crippen molar-refractivity contribution in [1.82, 2.24) is 49.8 Å². The Balaban J connectivity index is 0.000000180. The Morgan fingerprint density at radius 3 is 1.40 bits per heavy atom. The number of fused-ring (bicyclic) bond motifs is 2. The fourth-order valence-electron chi connectivity index (χ4n) is 8.16. The number of anilines is 1. The molecule has 0 bridgehead atoms. The quantitative estimate of drug-likeness (QED) is 0.0891. The number of rotatable bonds is 12. The summed E-state index contributed by atoms with van der Waals surface area (Å²) >= 11 is 6.45. The van der Waals surface area contributed by atoms with Gasteiger partial charge in [0.2, 0.25) is 20.0 Å². The highest BCUT2D eigenvalue weighted by Gasteiger charge is 2.26. The van der Waals surface area contributed by atoms with E-state index in [2.05, 4.69) is 55.1 Å². The van der Waals surface area contributed by atoms with Crippen molar-refractivity contribution in [2.24, 2.45) is 5.73 Å². The molecule has 6 aromatic heterocycles. The third kappa shape index (κ3) is 14.1. The zero-order chi connectivity index (χ0) is 54.8. The standard InChI is InChI=1S/C29H28N6O2S.C23H21ClN4O2S.C6H8N2/c1-29(2,3)35-38(36,37)23-16-21(17-30-19-23)27-25-14-9-13-24(20-10-5-4-6-11-20)26(25)28(34-33-27)32-18-22-12-7-8-15-31-22;1-23(2,3)28-31(29,30)17-12-16(13-25-14-17)21-19-11-7-10-18(15-8-5-4-6-9-15)20(19)22(24)27-26-21;7-5-6-3-1-2-4-8-6/h4-17,19,35H,18H2,1-3H3,(H,32,34);4-14,28H,1-3H3;1-4H,5,7H2. The van der Waals surface area contributed by atoms with Gasteiger partial charge in [-0.25, -0.2) is 26.3 Å². The minimum Gasteiger partial charge on any atom is -0.362 e. The minimum atomic E-state index is -3.78. The molecule has 392 valence electrons. The molecule has 0 fully saturated rings. The average molecular weight is 1090 g/mol. The molecule has 19 heteroatoms. The molecule has 10 rings (SSSR count). The summed E-state index contributed by atoms with van der Waals surface area (Å²) in [6, 6.07) is 46.3. The van der Waals surface area contributed by atoms with Gasteiger partial charge < -0.3 is 11.1 Å². The van der Waals surface area contributed by atoms with Crippen LogP contribution in [0.3, 0.4) is 0 Å². The van der Waals surface area contributed by atoms with Gasteiger partial charge in [-0.15, -0.1) is 20.4 Å². The first-order valence-corrected chi connectivity index (χ1v) is 27.7. The summed E-state index contributed by atoms with van der Waals surface area (Å²) in [7, 11) is -7.53. The van der Waals surface area contributed by atoms with Crippen LogP contribution in [0.2, 0.25) is 5.15 Å². The Bertz CT molecular complexity index is 3870. The molecule has 16 nitrogen and oxygen atoms in total. The second-order valence-corrected chi connectivity index (χ2v) is 23.4. The van der Waals surface area contributed by atoms with Gasteiger partial charge in [-0.1, -0.05) is 121 Å². The first-order chi connectivity index (χ1) is 36.8. The molecule has 0 amide bonds. The van der Waals surface area contributed by atoms with Crippen LogP contribution in [0.1, 0.15) is 52.9 Å². The molecule has 5 N–H and O–H groups in total. The van der Waals surface area contributed by atoms with Crippen LogP contribution in [-0.4, -0.2) is 68.2 Å². The molecule has 0 spiro atoms. The summed E-state index contributed by atoms with van der Waals surface area (Å²) in [5.74, 6) is 0.611. The van der Waals surface area contributed by atoms with Crippen LogP contribution in [0.5, 0.6) is 0 Å². The molecule has 10 aromatic rings. The summed E-state index contributed by atoms with van der Waals surface area (Å²) < 4.78 is 56.9. The zero-order valence-electron chi connectivity index (χ0n) is 43.2. The molecular formula is C58H57ClN12O4S2. The number of sulfonamides is 2. The highest BCUT2D eigenvalue weighted by Crippen LogP contribution is 2.39. The lowest BCUT2D eigenvalue weighted by Crippen LogP contribution is -2.40. The summed E-state index contributed by atoms with van der Waals surface area (Å²) in [5, 5.41) is 24.4. The van der Waals surface area contributed by atoms with Crippen LogP contribution in [0.4, 0.5) is 5.82 Å². The average Bonchev–Trinajstić information content (AvgIpc) is 3.42. The van der Waals surface area contributed by atoms with E-state index in [0.29, 0.717) is 41.4 Å². The molecule has 0 radical (unpaired) electrons. The SMILES string of the molecule is CC(C)(C)NS(=O)(=O)c1cncc(-c2nnc(Cl)c3c(-c4ccccc4)cccc23)c1.CC(C)(C)NS(=O)(=O)c1cncc(-c2nnc(NCc3ccccn3)c3c(-c4ccccc4)cccc23)c1.NCc1ccccn1. The molecule has 0 saturated heterocycles. The van der Waals surface area contributed by atoms with Crippen molar-refractivity contribution in [2.45, 2.75) is 75.5 Å². The van der Waals surface area contributed by atoms with Crippen LogP contribution >= 0.6 is 11.6 Å². The molecule has 77 heavy (non-hydrogen) atoms. The molecule has 6 heterocycles. The monoisotopic (exact) mass is 1080 g/mol. The van der Waals surface area contributed by atoms with Crippen LogP contribution in [0, 0.1) is 0 Å². The van der Waals surface area contributed by atoms with E-state index in [1.807, 2.05) is 133 Å². The van der Waals surface area contributed by atoms with E-state index in [9.17, 15) is 16.8 Å². The van der Waals surface area contributed by atoms with E-state index in [4.69, 9.17) is 17.3 Å². The number of hydrogen-bond donors (Lipinski definition) is 4. The normalized spacial score (nSPS) is 11.8. The van der Waals surface area contributed by atoms with Gasteiger partial charge >= 0.3 is 0 Å². The predicted molar refractivity (Wildman–Crippen MR) is 305 cm³/mol. The Hall–Kier alpha value is -7.97. The topological polar surface area (TPSA) is 234 Å². The lowest BCUT2D eigenvalue weighted by atomic mass is 9.97. The van der Waals surface area contributed by atoms with Gasteiger partial charge in [-0.2, -0.15) is 0 Å². The van der Waals surface area contributed by atoms with Crippen molar-refractivity contribution in [3.05, 3.63) is 199 Å². The molecular weight excluding hydrogens is 1030 g/mol. The van der Waals surface area contributed by atoms with Crippen molar-refractivity contribution in [1.29, 1.82) is 0 Å². The number of nitrogens with two attached hydrogens (primary N) is 1. The second kappa shape index (κ2) is 23.9. The molecule has 0 saturated carbocycles. The number of halogens is 1. The molecule has 4 aromatic carbocycles. The molecule has 0 atom stereocenters. The molecule has 0 aliphatic rings. The molecule has 0 unspecified atom stereocenters. The van der Waals surface area contributed by atoms with Crippen molar-refractivity contribution in [3.63, 3.8) is 0 Å². The summed E-state index contributed by atoms with van der Waals surface area (Å²) in [5.41, 5.74) is 11.9. The highest BCUT2D eigenvalue weighted by atomic mass is 35.5. The smallest absolute Gasteiger partial charge is 0.242 e. The van der Waals surface area contributed by atoms with Gasteiger partial charge in [0.05, 0.1) is 17.9 Å². The molecule has 0 aliphatic heterocycles.